The zero-order valence-corrected chi connectivity index (χ0v) is 14.4. The zero-order valence-electron chi connectivity index (χ0n) is 13.6. The van der Waals surface area contributed by atoms with Crippen LogP contribution < -0.4 is 14.8 Å². The van der Waals surface area contributed by atoms with E-state index >= 15 is 0 Å². The van der Waals surface area contributed by atoms with Crippen molar-refractivity contribution in [3.63, 3.8) is 0 Å². The predicted octanol–water partition coefficient (Wildman–Crippen LogP) is 4.76. The van der Waals surface area contributed by atoms with Crippen molar-refractivity contribution in [3.8, 4) is 22.6 Å². The minimum atomic E-state index is -0.299. The molecule has 2 aromatic carbocycles. The molecule has 1 N–H and O–H groups in total. The van der Waals surface area contributed by atoms with Crippen molar-refractivity contribution in [1.82, 2.24) is 0 Å². The van der Waals surface area contributed by atoms with Crippen LogP contribution in [0.3, 0.4) is 0 Å². The van der Waals surface area contributed by atoms with Crippen molar-refractivity contribution in [2.24, 2.45) is 0 Å². The summed E-state index contributed by atoms with van der Waals surface area (Å²) < 4.78 is 25.1. The van der Waals surface area contributed by atoms with Gasteiger partial charge in [-0.25, -0.2) is 4.39 Å². The molecule has 0 bridgehead atoms. The van der Waals surface area contributed by atoms with Gasteiger partial charge in [0.25, 0.3) is 0 Å². The van der Waals surface area contributed by atoms with Gasteiger partial charge in [0, 0.05) is 33.7 Å². The Morgan fingerprint density at radius 1 is 1.08 bits per heavy atom. The van der Waals surface area contributed by atoms with E-state index in [0.29, 0.717) is 29.2 Å². The molecule has 0 fully saturated rings. The summed E-state index contributed by atoms with van der Waals surface area (Å²) in [5, 5.41) is 4.85. The second kappa shape index (κ2) is 5.85. The van der Waals surface area contributed by atoms with Crippen molar-refractivity contribution in [2.75, 3.05) is 12.1 Å². The summed E-state index contributed by atoms with van der Waals surface area (Å²) in [6.07, 6.45) is 0.351. The van der Waals surface area contributed by atoms with Crippen LogP contribution in [0.25, 0.3) is 11.1 Å². The summed E-state index contributed by atoms with van der Waals surface area (Å²) in [7, 11) is 0. The molecule has 3 heterocycles. The van der Waals surface area contributed by atoms with Crippen LogP contribution in [0.4, 0.5) is 10.1 Å². The molecule has 5 rings (SSSR count). The summed E-state index contributed by atoms with van der Waals surface area (Å²) in [5.74, 6) is 0.954. The van der Waals surface area contributed by atoms with Gasteiger partial charge in [0.2, 0.25) is 12.7 Å². The molecule has 2 aliphatic heterocycles. The minimum Gasteiger partial charge on any atom is -0.454 e. The van der Waals surface area contributed by atoms with Gasteiger partial charge in [-0.2, -0.15) is 0 Å². The molecule has 3 aromatic rings. The van der Waals surface area contributed by atoms with Crippen molar-refractivity contribution in [3.05, 3.63) is 64.1 Å². The summed E-state index contributed by atoms with van der Waals surface area (Å²) in [6.45, 7) is 0.214. The zero-order chi connectivity index (χ0) is 17.7. The van der Waals surface area contributed by atoms with Gasteiger partial charge in [0.1, 0.15) is 5.82 Å². The van der Waals surface area contributed by atoms with E-state index in [1.54, 1.807) is 29.5 Å². The molecule has 1 aromatic heterocycles. The van der Waals surface area contributed by atoms with Crippen LogP contribution >= 0.6 is 11.3 Å². The van der Waals surface area contributed by atoms with Crippen molar-refractivity contribution in [2.45, 2.75) is 12.3 Å². The standard InChI is InChI=1S/C20H14FNO3S/c21-15-4-2-1-3-12(15)14-9-26-20-13(8-18(23)22-19(14)20)11-5-6-16-17(7-11)25-10-24-16/h1-7,9,13H,8,10H2,(H,22,23)/t13-/m1/s1. The Balaban J connectivity index is 1.62. The van der Waals surface area contributed by atoms with Crippen molar-refractivity contribution in [1.29, 1.82) is 0 Å². The van der Waals surface area contributed by atoms with E-state index in [9.17, 15) is 9.18 Å². The monoisotopic (exact) mass is 367 g/mol. The van der Waals surface area contributed by atoms with Crippen LogP contribution in [0, 0.1) is 5.82 Å². The number of hydrogen-bond donors (Lipinski definition) is 1. The van der Waals surface area contributed by atoms with Gasteiger partial charge in [0.15, 0.2) is 11.5 Å². The number of hydrogen-bond acceptors (Lipinski definition) is 4. The van der Waals surface area contributed by atoms with Crippen LogP contribution in [0.5, 0.6) is 11.5 Å². The van der Waals surface area contributed by atoms with Crippen LogP contribution in [-0.2, 0) is 4.79 Å². The minimum absolute atomic E-state index is 0.0730. The van der Waals surface area contributed by atoms with E-state index in [4.69, 9.17) is 9.47 Å². The molecule has 1 atom stereocenters. The first kappa shape index (κ1) is 15.4. The molecule has 0 unspecified atom stereocenters. The number of fused-ring (bicyclic) bond motifs is 2. The molecule has 130 valence electrons. The van der Waals surface area contributed by atoms with Gasteiger partial charge < -0.3 is 14.8 Å². The smallest absolute Gasteiger partial charge is 0.231 e. The molecular formula is C20H14FNO3S. The highest BCUT2D eigenvalue weighted by Crippen LogP contribution is 2.48. The first-order chi connectivity index (χ1) is 12.7. The number of rotatable bonds is 2. The van der Waals surface area contributed by atoms with Crippen LogP contribution in [0.1, 0.15) is 22.8 Å². The molecule has 1 amide bonds. The van der Waals surface area contributed by atoms with Crippen LogP contribution in [-0.4, -0.2) is 12.7 Å². The number of thiophene rings is 1. The normalized spacial score (nSPS) is 17.7. The van der Waals surface area contributed by atoms with Crippen molar-refractivity contribution < 1.29 is 18.7 Å². The highest BCUT2D eigenvalue weighted by atomic mass is 32.1. The molecule has 6 heteroatoms. The van der Waals surface area contributed by atoms with Gasteiger partial charge in [-0.15, -0.1) is 11.3 Å². The van der Waals surface area contributed by atoms with Crippen LogP contribution in [0.2, 0.25) is 0 Å². The van der Waals surface area contributed by atoms with Gasteiger partial charge >= 0.3 is 0 Å². The maximum atomic E-state index is 14.3. The number of carbonyl (C=O) groups excluding carboxylic acids is 1. The lowest BCUT2D eigenvalue weighted by atomic mass is 9.89. The SMILES string of the molecule is O=C1C[C@H](c2ccc3c(c2)OCO3)c2scc(-c3ccccc3F)c2N1. The molecule has 0 saturated carbocycles. The second-order valence-corrected chi connectivity index (χ2v) is 7.20. The maximum Gasteiger partial charge on any atom is 0.231 e. The Hall–Kier alpha value is -2.86. The highest BCUT2D eigenvalue weighted by Gasteiger charge is 2.31. The molecular weight excluding hydrogens is 353 g/mol. The highest BCUT2D eigenvalue weighted by molar-refractivity contribution is 7.11. The number of halogens is 1. The third-order valence-corrected chi connectivity index (χ3v) is 5.85. The lowest BCUT2D eigenvalue weighted by Crippen LogP contribution is -2.22. The fourth-order valence-corrected chi connectivity index (χ4v) is 4.66. The predicted molar refractivity (Wildman–Crippen MR) is 97.4 cm³/mol. The topological polar surface area (TPSA) is 47.6 Å². The van der Waals surface area contributed by atoms with Crippen molar-refractivity contribution >= 4 is 22.9 Å². The Morgan fingerprint density at radius 3 is 2.81 bits per heavy atom. The van der Waals surface area contributed by atoms with E-state index in [1.807, 2.05) is 23.6 Å². The molecule has 0 spiro atoms. The number of ether oxygens (including phenoxy) is 2. The number of anilines is 1. The Bertz CT molecular complexity index is 1030. The average Bonchev–Trinajstić information content (AvgIpc) is 3.27. The first-order valence-electron chi connectivity index (χ1n) is 8.26. The number of amides is 1. The summed E-state index contributed by atoms with van der Waals surface area (Å²) >= 11 is 1.54. The first-order valence-corrected chi connectivity index (χ1v) is 9.14. The van der Waals surface area contributed by atoms with Crippen LogP contribution in [0.15, 0.2) is 47.8 Å². The van der Waals surface area contributed by atoms with E-state index < -0.39 is 0 Å². The van der Waals surface area contributed by atoms with E-state index in [0.717, 1.165) is 16.0 Å². The number of benzene rings is 2. The molecule has 0 saturated heterocycles. The molecule has 4 nitrogen and oxygen atoms in total. The lowest BCUT2D eigenvalue weighted by molar-refractivity contribution is -0.116. The Morgan fingerprint density at radius 2 is 1.92 bits per heavy atom. The third kappa shape index (κ3) is 2.37. The van der Waals surface area contributed by atoms with E-state index in [1.165, 1.54) is 6.07 Å². The molecule has 0 radical (unpaired) electrons. The number of carbonyl (C=O) groups is 1. The largest absolute Gasteiger partial charge is 0.454 e. The summed E-state index contributed by atoms with van der Waals surface area (Å²) in [5.41, 5.74) is 2.92. The quantitative estimate of drug-likeness (QED) is 0.711. The van der Waals surface area contributed by atoms with Gasteiger partial charge in [-0.05, 0) is 23.8 Å². The number of nitrogens with one attached hydrogen (secondary N) is 1. The Labute approximate surface area is 153 Å². The Kier molecular flexibility index (Phi) is 3.46. The van der Waals surface area contributed by atoms with E-state index in [2.05, 4.69) is 5.32 Å². The summed E-state index contributed by atoms with van der Waals surface area (Å²) in [4.78, 5) is 13.4. The fraction of sp³-hybridized carbons (Fsp3) is 0.150. The lowest BCUT2D eigenvalue weighted by Gasteiger charge is -2.24. The molecule has 26 heavy (non-hydrogen) atoms. The summed E-state index contributed by atoms with van der Waals surface area (Å²) in [6, 6.07) is 12.4. The molecule has 2 aliphatic rings. The average molecular weight is 367 g/mol. The molecule has 0 aliphatic carbocycles. The fourth-order valence-electron chi connectivity index (χ4n) is 3.50. The maximum absolute atomic E-state index is 14.3. The van der Waals surface area contributed by atoms with Gasteiger partial charge in [0.05, 0.1) is 5.69 Å². The second-order valence-electron chi connectivity index (χ2n) is 6.29. The third-order valence-electron chi connectivity index (χ3n) is 4.75. The van der Waals surface area contributed by atoms with E-state index in [-0.39, 0.29) is 24.4 Å². The van der Waals surface area contributed by atoms with Gasteiger partial charge in [-0.3, -0.25) is 4.79 Å². The van der Waals surface area contributed by atoms with Gasteiger partial charge in [-0.1, -0.05) is 24.3 Å².